The first-order valence-corrected chi connectivity index (χ1v) is 8.36. The topological polar surface area (TPSA) is 55.3 Å². The molecule has 0 fully saturated rings. The Morgan fingerprint density at radius 1 is 1.08 bits per heavy atom. The van der Waals surface area contributed by atoms with Gasteiger partial charge in [0.25, 0.3) is 5.91 Å². The molecule has 1 amide bonds. The Labute approximate surface area is 153 Å². The number of aromatic nitrogens is 2. The van der Waals surface area contributed by atoms with Crippen molar-refractivity contribution in [2.24, 2.45) is 0 Å². The maximum absolute atomic E-state index is 12.7. The third-order valence-electron chi connectivity index (χ3n) is 4.17. The van der Waals surface area contributed by atoms with Gasteiger partial charge in [0.2, 0.25) is 0 Å². The van der Waals surface area contributed by atoms with Gasteiger partial charge in [-0.05, 0) is 36.8 Å². The van der Waals surface area contributed by atoms with Crippen LogP contribution in [0.4, 0.5) is 0 Å². The lowest BCUT2D eigenvalue weighted by Gasteiger charge is -2.18. The number of benzene rings is 2. The van der Waals surface area contributed by atoms with Gasteiger partial charge in [-0.2, -0.15) is 0 Å². The molecule has 26 heavy (non-hydrogen) atoms. The smallest absolute Gasteiger partial charge is 0.257 e. The summed E-state index contributed by atoms with van der Waals surface area (Å²) >= 11 is 0. The Bertz CT molecular complexity index is 893. The summed E-state index contributed by atoms with van der Waals surface area (Å²) in [6, 6.07) is 17.4. The summed E-state index contributed by atoms with van der Waals surface area (Å²) in [7, 11) is 3.41. The van der Waals surface area contributed by atoms with Gasteiger partial charge in [-0.15, -0.1) is 0 Å². The van der Waals surface area contributed by atoms with Crippen molar-refractivity contribution < 1.29 is 9.53 Å². The predicted octanol–water partition coefficient (Wildman–Crippen LogP) is 3.73. The quantitative estimate of drug-likeness (QED) is 0.706. The van der Waals surface area contributed by atoms with Gasteiger partial charge in [0.1, 0.15) is 5.75 Å². The molecule has 0 radical (unpaired) electrons. The standard InChI is InChI=1S/C21H21N3O2/c1-15-19(21(25)24(2)14-16-7-5-4-6-8-16)13-22-20(23-15)17-9-11-18(26-3)12-10-17/h4-13H,14H2,1-3H3. The predicted molar refractivity (Wildman–Crippen MR) is 101 cm³/mol. The Morgan fingerprint density at radius 3 is 2.38 bits per heavy atom. The molecule has 3 aromatic rings. The van der Waals surface area contributed by atoms with Crippen molar-refractivity contribution in [2.45, 2.75) is 13.5 Å². The van der Waals surface area contributed by atoms with Gasteiger partial charge in [-0.25, -0.2) is 9.97 Å². The number of hydrogen-bond donors (Lipinski definition) is 0. The van der Waals surface area contributed by atoms with E-state index in [0.29, 0.717) is 23.6 Å². The number of nitrogens with zero attached hydrogens (tertiary/aromatic N) is 3. The summed E-state index contributed by atoms with van der Waals surface area (Å²) in [6.07, 6.45) is 1.60. The number of carbonyl (C=O) groups is 1. The summed E-state index contributed by atoms with van der Waals surface area (Å²) < 4.78 is 5.16. The van der Waals surface area contributed by atoms with Crippen molar-refractivity contribution in [3.05, 3.63) is 77.6 Å². The first kappa shape index (κ1) is 17.6. The molecule has 2 aromatic carbocycles. The molecular formula is C21H21N3O2. The number of carbonyl (C=O) groups excluding carboxylic acids is 1. The van der Waals surface area contributed by atoms with Gasteiger partial charge in [0.05, 0.1) is 18.4 Å². The number of methoxy groups -OCH3 is 1. The van der Waals surface area contributed by atoms with E-state index in [1.165, 1.54) is 0 Å². The molecule has 0 aliphatic heterocycles. The molecule has 0 bridgehead atoms. The minimum absolute atomic E-state index is 0.0902. The van der Waals surface area contributed by atoms with Crippen molar-refractivity contribution >= 4 is 5.91 Å². The number of hydrogen-bond acceptors (Lipinski definition) is 4. The normalized spacial score (nSPS) is 10.4. The highest BCUT2D eigenvalue weighted by molar-refractivity contribution is 5.94. The third-order valence-corrected chi connectivity index (χ3v) is 4.17. The van der Waals surface area contributed by atoms with Crippen LogP contribution in [0.2, 0.25) is 0 Å². The van der Waals surface area contributed by atoms with Crippen molar-refractivity contribution in [2.75, 3.05) is 14.2 Å². The highest BCUT2D eigenvalue weighted by atomic mass is 16.5. The van der Waals surface area contributed by atoms with E-state index in [0.717, 1.165) is 16.9 Å². The summed E-state index contributed by atoms with van der Waals surface area (Å²) in [5, 5.41) is 0. The van der Waals surface area contributed by atoms with E-state index in [1.54, 1.807) is 25.3 Å². The van der Waals surface area contributed by atoms with E-state index in [2.05, 4.69) is 9.97 Å². The first-order valence-electron chi connectivity index (χ1n) is 8.36. The Kier molecular flexibility index (Phi) is 5.27. The van der Waals surface area contributed by atoms with Crippen LogP contribution in [0.15, 0.2) is 60.8 Å². The second kappa shape index (κ2) is 7.78. The lowest BCUT2D eigenvalue weighted by Crippen LogP contribution is -2.27. The van der Waals surface area contributed by atoms with Crippen LogP contribution in [0.1, 0.15) is 21.6 Å². The molecule has 0 unspecified atom stereocenters. The molecule has 132 valence electrons. The van der Waals surface area contributed by atoms with E-state index in [1.807, 2.05) is 61.5 Å². The molecule has 0 N–H and O–H groups in total. The zero-order chi connectivity index (χ0) is 18.5. The van der Waals surface area contributed by atoms with Crippen LogP contribution in [0.3, 0.4) is 0 Å². The molecule has 0 aliphatic carbocycles. The molecule has 0 saturated carbocycles. The zero-order valence-electron chi connectivity index (χ0n) is 15.1. The molecule has 0 saturated heterocycles. The summed E-state index contributed by atoms with van der Waals surface area (Å²) in [6.45, 7) is 2.37. The molecule has 3 rings (SSSR count). The molecule has 1 heterocycles. The van der Waals surface area contributed by atoms with Crippen LogP contribution < -0.4 is 4.74 Å². The van der Waals surface area contributed by atoms with Crippen molar-refractivity contribution in [1.82, 2.24) is 14.9 Å². The van der Waals surface area contributed by atoms with Gasteiger partial charge < -0.3 is 9.64 Å². The van der Waals surface area contributed by atoms with Crippen LogP contribution in [-0.2, 0) is 6.54 Å². The maximum Gasteiger partial charge on any atom is 0.257 e. The highest BCUT2D eigenvalue weighted by Gasteiger charge is 2.17. The fraction of sp³-hybridized carbons (Fsp3) is 0.190. The van der Waals surface area contributed by atoms with Crippen molar-refractivity contribution in [3.63, 3.8) is 0 Å². The average Bonchev–Trinajstić information content (AvgIpc) is 2.68. The minimum Gasteiger partial charge on any atom is -0.497 e. The summed E-state index contributed by atoms with van der Waals surface area (Å²) in [5.74, 6) is 1.28. The second-order valence-corrected chi connectivity index (χ2v) is 6.07. The minimum atomic E-state index is -0.0902. The SMILES string of the molecule is COc1ccc(-c2ncc(C(=O)N(C)Cc3ccccc3)c(C)n2)cc1. The molecular weight excluding hydrogens is 326 g/mol. The Hall–Kier alpha value is -3.21. The second-order valence-electron chi connectivity index (χ2n) is 6.07. The van der Waals surface area contributed by atoms with Crippen molar-refractivity contribution in [1.29, 1.82) is 0 Å². The molecule has 1 aromatic heterocycles. The monoisotopic (exact) mass is 347 g/mol. The first-order chi connectivity index (χ1) is 12.6. The van der Waals surface area contributed by atoms with Crippen LogP contribution >= 0.6 is 0 Å². The van der Waals surface area contributed by atoms with E-state index in [4.69, 9.17) is 4.74 Å². The molecule has 0 atom stereocenters. The summed E-state index contributed by atoms with van der Waals surface area (Å²) in [5.41, 5.74) is 3.14. The molecule has 5 nitrogen and oxygen atoms in total. The lowest BCUT2D eigenvalue weighted by molar-refractivity contribution is 0.0783. The van der Waals surface area contributed by atoms with E-state index < -0.39 is 0 Å². The third kappa shape index (κ3) is 3.88. The van der Waals surface area contributed by atoms with E-state index in [-0.39, 0.29) is 5.91 Å². The lowest BCUT2D eigenvalue weighted by atomic mass is 10.1. The van der Waals surface area contributed by atoms with Gasteiger partial charge in [-0.3, -0.25) is 4.79 Å². The molecule has 0 spiro atoms. The number of rotatable bonds is 5. The van der Waals surface area contributed by atoms with Crippen LogP contribution in [0, 0.1) is 6.92 Å². The van der Waals surface area contributed by atoms with Gasteiger partial charge in [-0.1, -0.05) is 30.3 Å². The number of amides is 1. The van der Waals surface area contributed by atoms with Crippen LogP contribution in [-0.4, -0.2) is 34.9 Å². The average molecular weight is 347 g/mol. The van der Waals surface area contributed by atoms with E-state index >= 15 is 0 Å². The number of ether oxygens (including phenoxy) is 1. The Balaban J connectivity index is 1.79. The van der Waals surface area contributed by atoms with Gasteiger partial charge in [0, 0.05) is 25.4 Å². The van der Waals surface area contributed by atoms with Gasteiger partial charge in [0.15, 0.2) is 5.82 Å². The fourth-order valence-corrected chi connectivity index (χ4v) is 2.69. The van der Waals surface area contributed by atoms with Gasteiger partial charge >= 0.3 is 0 Å². The Morgan fingerprint density at radius 2 is 1.77 bits per heavy atom. The molecule has 5 heteroatoms. The maximum atomic E-state index is 12.7. The summed E-state index contributed by atoms with van der Waals surface area (Å²) in [4.78, 5) is 23.3. The molecule has 0 aliphatic rings. The van der Waals surface area contributed by atoms with Crippen LogP contribution in [0.25, 0.3) is 11.4 Å². The largest absolute Gasteiger partial charge is 0.497 e. The van der Waals surface area contributed by atoms with E-state index in [9.17, 15) is 4.79 Å². The number of aryl methyl sites for hydroxylation is 1. The highest BCUT2D eigenvalue weighted by Crippen LogP contribution is 2.20. The van der Waals surface area contributed by atoms with Crippen molar-refractivity contribution in [3.8, 4) is 17.1 Å². The zero-order valence-corrected chi connectivity index (χ0v) is 15.1. The fourth-order valence-electron chi connectivity index (χ4n) is 2.69. The van der Waals surface area contributed by atoms with Crippen LogP contribution in [0.5, 0.6) is 5.75 Å².